The first-order valence-electron chi connectivity index (χ1n) is 5.67. The molecule has 0 spiro atoms. The topological polar surface area (TPSA) is 53.1 Å². The first-order valence-corrected chi connectivity index (χ1v) is 5.67. The van der Waals surface area contributed by atoms with Crippen LogP contribution in [0.15, 0.2) is 6.20 Å². The number of nitrogens with two attached hydrogens (primary N) is 1. The zero-order valence-corrected chi connectivity index (χ0v) is 9.28. The number of ether oxygens (including phenoxy) is 1. The highest BCUT2D eigenvalue weighted by atomic mass is 16.5. The van der Waals surface area contributed by atoms with Crippen molar-refractivity contribution in [1.82, 2.24) is 9.78 Å². The van der Waals surface area contributed by atoms with Crippen LogP contribution in [0.25, 0.3) is 0 Å². The van der Waals surface area contributed by atoms with Crippen LogP contribution in [0.3, 0.4) is 0 Å². The Bertz CT molecular complexity index is 296. The molecule has 2 rings (SSSR count). The van der Waals surface area contributed by atoms with Crippen LogP contribution in [0.5, 0.6) is 0 Å². The molecule has 1 aromatic rings. The molecular formula is C11H19N3O. The molecule has 4 nitrogen and oxygen atoms in total. The van der Waals surface area contributed by atoms with Gasteiger partial charge in [-0.2, -0.15) is 5.10 Å². The molecule has 0 saturated heterocycles. The minimum atomic E-state index is 0.421. The molecule has 1 heterocycles. The third kappa shape index (κ3) is 2.72. The molecule has 0 aliphatic heterocycles. The van der Waals surface area contributed by atoms with Crippen LogP contribution in [-0.4, -0.2) is 15.9 Å². The molecule has 0 bridgehead atoms. The lowest BCUT2D eigenvalue weighted by Gasteiger charge is -2.21. The molecule has 4 heteroatoms. The quantitative estimate of drug-likeness (QED) is 0.829. The van der Waals surface area contributed by atoms with Gasteiger partial charge in [-0.15, -0.1) is 0 Å². The number of hydrogen-bond acceptors (Lipinski definition) is 3. The normalized spacial score (nSPS) is 18.2. The zero-order chi connectivity index (χ0) is 10.7. The lowest BCUT2D eigenvalue weighted by molar-refractivity contribution is -0.0178. The van der Waals surface area contributed by atoms with Crippen molar-refractivity contribution in [1.29, 1.82) is 0 Å². The Morgan fingerprint density at radius 1 is 1.47 bits per heavy atom. The fourth-order valence-corrected chi connectivity index (χ4v) is 2.01. The van der Waals surface area contributed by atoms with Crippen molar-refractivity contribution in [2.24, 2.45) is 0 Å². The van der Waals surface area contributed by atoms with E-state index >= 15 is 0 Å². The van der Waals surface area contributed by atoms with Gasteiger partial charge in [-0.3, -0.25) is 0 Å². The van der Waals surface area contributed by atoms with Gasteiger partial charge in [-0.1, -0.05) is 19.3 Å². The number of aryl methyl sites for hydroxylation is 1. The number of aromatic nitrogens is 2. The minimum Gasteiger partial charge on any atom is -0.396 e. The van der Waals surface area contributed by atoms with Gasteiger partial charge in [0.25, 0.3) is 0 Å². The van der Waals surface area contributed by atoms with Crippen molar-refractivity contribution in [2.45, 2.75) is 51.9 Å². The first kappa shape index (κ1) is 10.5. The van der Waals surface area contributed by atoms with E-state index in [2.05, 4.69) is 5.10 Å². The van der Waals surface area contributed by atoms with Gasteiger partial charge in [0.1, 0.15) is 6.73 Å². The van der Waals surface area contributed by atoms with Crippen LogP contribution in [0.4, 0.5) is 5.69 Å². The number of rotatable bonds is 3. The maximum absolute atomic E-state index is 5.78. The summed E-state index contributed by atoms with van der Waals surface area (Å²) in [6, 6.07) is 0. The molecule has 0 unspecified atom stereocenters. The fraction of sp³-hybridized carbons (Fsp3) is 0.727. The highest BCUT2D eigenvalue weighted by molar-refractivity contribution is 5.39. The summed E-state index contributed by atoms with van der Waals surface area (Å²) in [5, 5.41) is 4.26. The molecule has 0 atom stereocenters. The van der Waals surface area contributed by atoms with Crippen LogP contribution < -0.4 is 5.73 Å². The van der Waals surface area contributed by atoms with E-state index in [0.717, 1.165) is 11.4 Å². The lowest BCUT2D eigenvalue weighted by atomic mass is 9.98. The molecule has 2 N–H and O–H groups in total. The van der Waals surface area contributed by atoms with Crippen molar-refractivity contribution in [3.8, 4) is 0 Å². The van der Waals surface area contributed by atoms with Gasteiger partial charge in [0.05, 0.1) is 23.7 Å². The Hall–Kier alpha value is -1.03. The highest BCUT2D eigenvalue weighted by Gasteiger charge is 2.13. The number of nitrogens with zero attached hydrogens (tertiary/aromatic N) is 2. The molecule has 84 valence electrons. The van der Waals surface area contributed by atoms with Crippen LogP contribution in [0.2, 0.25) is 0 Å². The number of nitrogen functional groups attached to an aromatic ring is 1. The second kappa shape index (κ2) is 4.66. The molecule has 1 aromatic heterocycles. The van der Waals surface area contributed by atoms with E-state index < -0.39 is 0 Å². The molecule has 1 aliphatic carbocycles. The SMILES string of the molecule is Cc1nn(COC2CCCCC2)cc1N. The van der Waals surface area contributed by atoms with E-state index in [0.29, 0.717) is 12.8 Å². The van der Waals surface area contributed by atoms with Crippen molar-refractivity contribution in [3.63, 3.8) is 0 Å². The standard InChI is InChI=1S/C11H19N3O/c1-9-11(12)7-14(13-9)8-15-10-5-3-2-4-6-10/h7,10H,2-6,8,12H2,1H3. The Kier molecular flexibility index (Phi) is 3.26. The smallest absolute Gasteiger partial charge is 0.139 e. The maximum Gasteiger partial charge on any atom is 0.139 e. The Morgan fingerprint density at radius 3 is 2.80 bits per heavy atom. The predicted octanol–water partition coefficient (Wildman–Crippen LogP) is 2.08. The Morgan fingerprint density at radius 2 is 2.20 bits per heavy atom. The molecule has 0 aromatic carbocycles. The molecule has 0 amide bonds. The minimum absolute atomic E-state index is 0.421. The van der Waals surface area contributed by atoms with Crippen molar-refractivity contribution >= 4 is 5.69 Å². The molecule has 1 fully saturated rings. The number of hydrogen-bond donors (Lipinski definition) is 1. The third-order valence-corrected chi connectivity index (χ3v) is 2.98. The summed E-state index contributed by atoms with van der Waals surface area (Å²) in [4.78, 5) is 0. The van der Waals surface area contributed by atoms with Gasteiger partial charge in [-0.25, -0.2) is 4.68 Å². The monoisotopic (exact) mass is 209 g/mol. The van der Waals surface area contributed by atoms with Crippen molar-refractivity contribution < 1.29 is 4.74 Å². The number of anilines is 1. The summed E-state index contributed by atoms with van der Waals surface area (Å²) in [7, 11) is 0. The van der Waals surface area contributed by atoms with Gasteiger partial charge in [-0.05, 0) is 19.8 Å². The summed E-state index contributed by atoms with van der Waals surface area (Å²) in [6.45, 7) is 2.44. The summed E-state index contributed by atoms with van der Waals surface area (Å²) < 4.78 is 7.56. The van der Waals surface area contributed by atoms with E-state index in [-0.39, 0.29) is 0 Å². The van der Waals surface area contributed by atoms with E-state index in [1.54, 1.807) is 4.68 Å². The van der Waals surface area contributed by atoms with Gasteiger partial charge < -0.3 is 10.5 Å². The van der Waals surface area contributed by atoms with E-state index in [4.69, 9.17) is 10.5 Å². The molecular weight excluding hydrogens is 190 g/mol. The zero-order valence-electron chi connectivity index (χ0n) is 9.28. The largest absolute Gasteiger partial charge is 0.396 e. The fourth-order valence-electron chi connectivity index (χ4n) is 2.01. The van der Waals surface area contributed by atoms with E-state index in [1.807, 2.05) is 13.1 Å². The van der Waals surface area contributed by atoms with Gasteiger partial charge >= 0.3 is 0 Å². The Labute approximate surface area is 90.4 Å². The first-order chi connectivity index (χ1) is 7.25. The van der Waals surface area contributed by atoms with Gasteiger partial charge in [0, 0.05) is 0 Å². The van der Waals surface area contributed by atoms with Gasteiger partial charge in [0.15, 0.2) is 0 Å². The third-order valence-electron chi connectivity index (χ3n) is 2.98. The second-order valence-electron chi connectivity index (χ2n) is 4.27. The van der Waals surface area contributed by atoms with Crippen molar-refractivity contribution in [2.75, 3.05) is 5.73 Å². The highest BCUT2D eigenvalue weighted by Crippen LogP contribution is 2.20. The van der Waals surface area contributed by atoms with E-state index in [9.17, 15) is 0 Å². The Balaban J connectivity index is 1.81. The van der Waals surface area contributed by atoms with Crippen LogP contribution in [0.1, 0.15) is 37.8 Å². The van der Waals surface area contributed by atoms with Crippen LogP contribution >= 0.6 is 0 Å². The maximum atomic E-state index is 5.78. The predicted molar refractivity (Wildman–Crippen MR) is 59.3 cm³/mol. The average molecular weight is 209 g/mol. The van der Waals surface area contributed by atoms with Gasteiger partial charge in [0.2, 0.25) is 0 Å². The van der Waals surface area contributed by atoms with E-state index in [1.165, 1.54) is 32.1 Å². The lowest BCUT2D eigenvalue weighted by Crippen LogP contribution is -2.18. The molecule has 1 aliphatic rings. The van der Waals surface area contributed by atoms with Crippen LogP contribution in [0, 0.1) is 6.92 Å². The summed E-state index contributed by atoms with van der Waals surface area (Å²) in [5.41, 5.74) is 7.33. The summed E-state index contributed by atoms with van der Waals surface area (Å²) >= 11 is 0. The molecule has 15 heavy (non-hydrogen) atoms. The van der Waals surface area contributed by atoms with Crippen LogP contribution in [-0.2, 0) is 11.5 Å². The summed E-state index contributed by atoms with van der Waals surface area (Å²) in [5.74, 6) is 0. The van der Waals surface area contributed by atoms with Crippen molar-refractivity contribution in [3.05, 3.63) is 11.9 Å². The second-order valence-corrected chi connectivity index (χ2v) is 4.27. The summed E-state index contributed by atoms with van der Waals surface area (Å²) in [6.07, 6.45) is 8.58. The molecule has 1 saturated carbocycles. The average Bonchev–Trinajstić information content (AvgIpc) is 2.57. The molecule has 0 radical (unpaired) electrons.